The Kier molecular flexibility index (Phi) is 5.81. The maximum absolute atomic E-state index is 12.1. The molecule has 3 rings (SSSR count). The number of nitrogens with one attached hydrogen (secondary N) is 1. The average Bonchev–Trinajstić information content (AvgIpc) is 2.54. The summed E-state index contributed by atoms with van der Waals surface area (Å²) in [5.74, 6) is 0. The van der Waals surface area contributed by atoms with Crippen molar-refractivity contribution in [3.05, 3.63) is 45.3 Å². The molecular weight excluding hydrogens is 318 g/mol. The SMILES string of the molecule is CNC(O)C(O)Cc1cccc2oc(=O)c3c(c12)CCCC3.Cl. The molecule has 3 N–H and O–H groups in total. The van der Waals surface area contributed by atoms with Crippen molar-refractivity contribution in [2.75, 3.05) is 7.05 Å². The fourth-order valence-electron chi connectivity index (χ4n) is 3.27. The van der Waals surface area contributed by atoms with E-state index in [2.05, 4.69) is 5.32 Å². The van der Waals surface area contributed by atoms with Gasteiger partial charge in [0.05, 0.1) is 6.10 Å². The second kappa shape index (κ2) is 7.45. The lowest BCUT2D eigenvalue weighted by Crippen LogP contribution is -2.38. The minimum absolute atomic E-state index is 0. The first-order valence-corrected chi connectivity index (χ1v) is 7.71. The second-order valence-corrected chi connectivity index (χ2v) is 5.85. The van der Waals surface area contributed by atoms with Gasteiger partial charge in [0.2, 0.25) is 0 Å². The number of rotatable bonds is 4. The first kappa shape index (κ1) is 17.9. The highest BCUT2D eigenvalue weighted by Crippen LogP contribution is 2.30. The van der Waals surface area contributed by atoms with Crippen molar-refractivity contribution >= 4 is 23.4 Å². The maximum atomic E-state index is 12.1. The third-order valence-corrected chi connectivity index (χ3v) is 4.42. The molecule has 0 aliphatic heterocycles. The van der Waals surface area contributed by atoms with E-state index in [1.165, 1.54) is 0 Å². The summed E-state index contributed by atoms with van der Waals surface area (Å²) in [4.78, 5) is 12.1. The molecule has 1 aliphatic carbocycles. The van der Waals surface area contributed by atoms with Gasteiger partial charge in [0.1, 0.15) is 11.8 Å². The van der Waals surface area contributed by atoms with Crippen molar-refractivity contribution in [2.45, 2.75) is 44.4 Å². The monoisotopic (exact) mass is 339 g/mol. The van der Waals surface area contributed by atoms with E-state index in [0.29, 0.717) is 12.0 Å². The fraction of sp³-hybridized carbons (Fsp3) is 0.471. The number of aliphatic hydroxyl groups is 2. The van der Waals surface area contributed by atoms with Gasteiger partial charge in [-0.3, -0.25) is 5.32 Å². The van der Waals surface area contributed by atoms with Crippen molar-refractivity contribution in [2.24, 2.45) is 0 Å². The summed E-state index contributed by atoms with van der Waals surface area (Å²) in [6, 6.07) is 5.52. The first-order chi connectivity index (χ1) is 10.6. The lowest BCUT2D eigenvalue weighted by Gasteiger charge is -2.21. The number of hydrogen-bond donors (Lipinski definition) is 3. The van der Waals surface area contributed by atoms with Gasteiger partial charge in [0.25, 0.3) is 0 Å². The minimum Gasteiger partial charge on any atom is -0.423 e. The zero-order chi connectivity index (χ0) is 15.7. The average molecular weight is 340 g/mol. The Bertz CT molecular complexity index is 743. The molecular formula is C17H22ClNO4. The largest absolute Gasteiger partial charge is 0.423 e. The van der Waals surface area contributed by atoms with Crippen LogP contribution in [0.5, 0.6) is 0 Å². The van der Waals surface area contributed by atoms with Gasteiger partial charge in [0.15, 0.2) is 0 Å². The van der Waals surface area contributed by atoms with E-state index in [4.69, 9.17) is 4.42 Å². The van der Waals surface area contributed by atoms with Crippen LogP contribution < -0.4 is 10.9 Å². The highest BCUT2D eigenvalue weighted by molar-refractivity contribution is 5.85. The molecule has 5 nitrogen and oxygen atoms in total. The van der Waals surface area contributed by atoms with Crippen LogP contribution in [0.2, 0.25) is 0 Å². The molecule has 1 aliphatic rings. The molecule has 126 valence electrons. The van der Waals surface area contributed by atoms with Crippen LogP contribution in [0.1, 0.15) is 29.5 Å². The van der Waals surface area contributed by atoms with Crippen molar-refractivity contribution in [1.82, 2.24) is 5.32 Å². The van der Waals surface area contributed by atoms with E-state index in [0.717, 1.165) is 47.8 Å². The van der Waals surface area contributed by atoms with Gasteiger partial charge in [-0.25, -0.2) is 4.79 Å². The fourth-order valence-corrected chi connectivity index (χ4v) is 3.27. The standard InChI is InChI=1S/C17H21NO4.ClH/c1-18-16(20)13(19)9-10-5-4-8-14-15(10)11-6-2-3-7-12(11)17(21)22-14;/h4-5,8,13,16,18-20H,2-3,6-7,9H2,1H3;1H. The lowest BCUT2D eigenvalue weighted by molar-refractivity contribution is 0.00397. The number of hydrogen-bond acceptors (Lipinski definition) is 5. The van der Waals surface area contributed by atoms with Gasteiger partial charge < -0.3 is 14.6 Å². The summed E-state index contributed by atoms with van der Waals surface area (Å²) in [5.41, 5.74) is 3.06. The van der Waals surface area contributed by atoms with E-state index >= 15 is 0 Å². The molecule has 1 heterocycles. The molecule has 1 aromatic heterocycles. The molecule has 0 amide bonds. The maximum Gasteiger partial charge on any atom is 0.339 e. The third-order valence-electron chi connectivity index (χ3n) is 4.42. The van der Waals surface area contributed by atoms with Crippen molar-refractivity contribution in [3.63, 3.8) is 0 Å². The number of aryl methyl sites for hydroxylation is 1. The summed E-state index contributed by atoms with van der Waals surface area (Å²) >= 11 is 0. The van der Waals surface area contributed by atoms with Crippen LogP contribution >= 0.6 is 12.4 Å². The topological polar surface area (TPSA) is 82.7 Å². The number of halogens is 1. The Morgan fingerprint density at radius 3 is 2.61 bits per heavy atom. The molecule has 6 heteroatoms. The Hall–Kier alpha value is -1.40. The molecule has 1 aromatic carbocycles. The van der Waals surface area contributed by atoms with Gasteiger partial charge in [0, 0.05) is 17.4 Å². The second-order valence-electron chi connectivity index (χ2n) is 5.85. The number of benzene rings is 1. The van der Waals surface area contributed by atoms with E-state index in [1.807, 2.05) is 12.1 Å². The van der Waals surface area contributed by atoms with Gasteiger partial charge in [-0.1, -0.05) is 12.1 Å². The van der Waals surface area contributed by atoms with Crippen LogP contribution in [0.4, 0.5) is 0 Å². The Balaban J connectivity index is 0.00000192. The molecule has 0 fully saturated rings. The Morgan fingerprint density at radius 2 is 1.91 bits per heavy atom. The predicted molar refractivity (Wildman–Crippen MR) is 91.2 cm³/mol. The van der Waals surface area contributed by atoms with Crippen molar-refractivity contribution in [1.29, 1.82) is 0 Å². The van der Waals surface area contributed by atoms with Gasteiger partial charge in [-0.05, 0) is 49.9 Å². The van der Waals surface area contributed by atoms with Crippen molar-refractivity contribution < 1.29 is 14.6 Å². The Morgan fingerprint density at radius 1 is 1.22 bits per heavy atom. The van der Waals surface area contributed by atoms with Crippen LogP contribution in [0.15, 0.2) is 27.4 Å². The van der Waals surface area contributed by atoms with Crippen LogP contribution in [-0.2, 0) is 19.3 Å². The highest BCUT2D eigenvalue weighted by atomic mass is 35.5. The molecule has 2 atom stereocenters. The summed E-state index contributed by atoms with van der Waals surface area (Å²) in [7, 11) is 1.60. The quantitative estimate of drug-likeness (QED) is 0.581. The smallest absolute Gasteiger partial charge is 0.339 e. The lowest BCUT2D eigenvalue weighted by atomic mass is 9.88. The Labute approximate surface area is 140 Å². The number of likely N-dealkylation sites (N-methyl/N-ethyl adjacent to an activating group) is 1. The molecule has 0 saturated carbocycles. The summed E-state index contributed by atoms with van der Waals surface area (Å²) in [6.45, 7) is 0. The number of fused-ring (bicyclic) bond motifs is 3. The van der Waals surface area contributed by atoms with Gasteiger partial charge in [-0.15, -0.1) is 12.4 Å². The zero-order valence-corrected chi connectivity index (χ0v) is 13.9. The third kappa shape index (κ3) is 3.43. The molecule has 2 unspecified atom stereocenters. The van der Waals surface area contributed by atoms with E-state index in [1.54, 1.807) is 13.1 Å². The normalized spacial score (nSPS) is 16.5. The molecule has 0 spiro atoms. The molecule has 2 aromatic rings. The first-order valence-electron chi connectivity index (χ1n) is 7.71. The molecule has 0 saturated heterocycles. The molecule has 0 radical (unpaired) electrons. The van der Waals surface area contributed by atoms with Crippen LogP contribution in [-0.4, -0.2) is 29.6 Å². The van der Waals surface area contributed by atoms with Crippen LogP contribution in [0, 0.1) is 0 Å². The molecule has 0 bridgehead atoms. The highest BCUT2D eigenvalue weighted by Gasteiger charge is 2.22. The van der Waals surface area contributed by atoms with Crippen LogP contribution in [0.25, 0.3) is 11.0 Å². The number of aliphatic hydroxyl groups excluding tert-OH is 2. The van der Waals surface area contributed by atoms with E-state index in [-0.39, 0.29) is 18.0 Å². The van der Waals surface area contributed by atoms with E-state index < -0.39 is 12.3 Å². The summed E-state index contributed by atoms with van der Waals surface area (Å²) in [6.07, 6.45) is 2.08. The molecule has 23 heavy (non-hydrogen) atoms. The van der Waals surface area contributed by atoms with Gasteiger partial charge in [-0.2, -0.15) is 0 Å². The summed E-state index contributed by atoms with van der Waals surface area (Å²) in [5, 5.41) is 23.4. The van der Waals surface area contributed by atoms with Crippen LogP contribution in [0.3, 0.4) is 0 Å². The zero-order valence-electron chi connectivity index (χ0n) is 13.0. The van der Waals surface area contributed by atoms with Crippen molar-refractivity contribution in [3.8, 4) is 0 Å². The predicted octanol–water partition coefficient (Wildman–Crippen LogP) is 1.53. The van der Waals surface area contributed by atoms with Gasteiger partial charge >= 0.3 is 5.63 Å². The minimum atomic E-state index is -0.984. The van der Waals surface area contributed by atoms with E-state index in [9.17, 15) is 15.0 Å². The summed E-state index contributed by atoms with van der Waals surface area (Å²) < 4.78 is 5.45.